The lowest BCUT2D eigenvalue weighted by Crippen LogP contribution is -2.13. The highest BCUT2D eigenvalue weighted by Crippen LogP contribution is 2.33. The fraction of sp³-hybridized carbons (Fsp3) is 0.750. The Labute approximate surface area is 101 Å². The van der Waals surface area contributed by atoms with Crippen molar-refractivity contribution in [3.63, 3.8) is 0 Å². The molecule has 1 aromatic heterocycles. The number of hydrogen-bond acceptors (Lipinski definition) is 4. The van der Waals surface area contributed by atoms with E-state index in [1.807, 2.05) is 11.3 Å². The van der Waals surface area contributed by atoms with Gasteiger partial charge in [0.1, 0.15) is 5.01 Å². The van der Waals surface area contributed by atoms with Gasteiger partial charge in [0.15, 0.2) is 0 Å². The van der Waals surface area contributed by atoms with E-state index in [1.54, 1.807) is 0 Å². The Kier molecular flexibility index (Phi) is 2.96. The molecule has 2 aliphatic heterocycles. The largest absolute Gasteiger partial charge is 0.316 e. The Morgan fingerprint density at radius 2 is 2.25 bits per heavy atom. The predicted molar refractivity (Wildman–Crippen MR) is 67.1 cm³/mol. The standard InChI is InChI=1S/C12H19N3S/c1-8-11(9-4-6-13-7-9)15-12(16-8)10-3-2-5-14-10/h9-10,13-14H,2-7H2,1H3. The van der Waals surface area contributed by atoms with E-state index in [2.05, 4.69) is 17.6 Å². The third-order valence-electron chi connectivity index (χ3n) is 3.65. The molecule has 88 valence electrons. The van der Waals surface area contributed by atoms with Gasteiger partial charge in [0, 0.05) is 17.3 Å². The van der Waals surface area contributed by atoms with E-state index >= 15 is 0 Å². The summed E-state index contributed by atoms with van der Waals surface area (Å²) in [6.45, 7) is 5.65. The van der Waals surface area contributed by atoms with Crippen molar-refractivity contribution in [1.29, 1.82) is 0 Å². The van der Waals surface area contributed by atoms with Gasteiger partial charge in [-0.2, -0.15) is 0 Å². The minimum Gasteiger partial charge on any atom is -0.316 e. The summed E-state index contributed by atoms with van der Waals surface area (Å²) in [4.78, 5) is 6.32. The van der Waals surface area contributed by atoms with Crippen LogP contribution in [0, 0.1) is 6.92 Å². The maximum atomic E-state index is 4.89. The van der Waals surface area contributed by atoms with E-state index in [1.165, 1.54) is 34.8 Å². The second-order valence-corrected chi connectivity index (χ2v) is 6.07. The number of thiazole rings is 1. The molecule has 4 heteroatoms. The number of aromatic nitrogens is 1. The molecule has 0 bridgehead atoms. The van der Waals surface area contributed by atoms with Gasteiger partial charge in [-0.15, -0.1) is 11.3 Å². The van der Waals surface area contributed by atoms with E-state index in [4.69, 9.17) is 4.98 Å². The fourth-order valence-corrected chi connectivity index (χ4v) is 3.86. The molecular weight excluding hydrogens is 218 g/mol. The van der Waals surface area contributed by atoms with Gasteiger partial charge in [0.2, 0.25) is 0 Å². The van der Waals surface area contributed by atoms with Crippen molar-refractivity contribution in [3.8, 4) is 0 Å². The molecule has 3 rings (SSSR count). The first kappa shape index (κ1) is 10.7. The van der Waals surface area contributed by atoms with E-state index in [0.29, 0.717) is 12.0 Å². The Morgan fingerprint density at radius 3 is 2.94 bits per heavy atom. The van der Waals surface area contributed by atoms with E-state index in [0.717, 1.165) is 19.6 Å². The van der Waals surface area contributed by atoms with Crippen molar-refractivity contribution in [3.05, 3.63) is 15.6 Å². The molecule has 2 atom stereocenters. The van der Waals surface area contributed by atoms with Crippen molar-refractivity contribution in [2.75, 3.05) is 19.6 Å². The van der Waals surface area contributed by atoms with Crippen molar-refractivity contribution in [1.82, 2.24) is 15.6 Å². The highest BCUT2D eigenvalue weighted by molar-refractivity contribution is 7.11. The molecule has 16 heavy (non-hydrogen) atoms. The number of nitrogens with one attached hydrogen (secondary N) is 2. The summed E-state index contributed by atoms with van der Waals surface area (Å²) in [5.41, 5.74) is 1.36. The van der Waals surface area contributed by atoms with Gasteiger partial charge in [-0.25, -0.2) is 4.98 Å². The van der Waals surface area contributed by atoms with Crippen molar-refractivity contribution in [2.45, 2.75) is 38.1 Å². The zero-order valence-electron chi connectivity index (χ0n) is 9.75. The Bertz CT molecular complexity index is 362. The first-order valence-electron chi connectivity index (χ1n) is 6.26. The molecule has 0 aliphatic carbocycles. The lowest BCUT2D eigenvalue weighted by Gasteiger charge is -2.06. The summed E-state index contributed by atoms with van der Waals surface area (Å²) < 4.78 is 0. The van der Waals surface area contributed by atoms with E-state index < -0.39 is 0 Å². The first-order chi connectivity index (χ1) is 7.84. The number of rotatable bonds is 2. The zero-order valence-corrected chi connectivity index (χ0v) is 10.6. The lowest BCUT2D eigenvalue weighted by molar-refractivity contribution is 0.633. The molecule has 0 aromatic carbocycles. The van der Waals surface area contributed by atoms with Crippen LogP contribution in [0.15, 0.2) is 0 Å². The maximum Gasteiger partial charge on any atom is 0.110 e. The van der Waals surface area contributed by atoms with Gasteiger partial charge in [-0.3, -0.25) is 0 Å². The van der Waals surface area contributed by atoms with Crippen LogP contribution in [0.3, 0.4) is 0 Å². The smallest absolute Gasteiger partial charge is 0.110 e. The maximum absolute atomic E-state index is 4.89. The molecule has 0 amide bonds. The second-order valence-electron chi connectivity index (χ2n) is 4.83. The van der Waals surface area contributed by atoms with Crippen LogP contribution in [0.25, 0.3) is 0 Å². The molecule has 2 unspecified atom stereocenters. The Morgan fingerprint density at radius 1 is 1.31 bits per heavy atom. The third kappa shape index (κ3) is 1.90. The molecule has 0 spiro atoms. The van der Waals surface area contributed by atoms with Gasteiger partial charge in [0.05, 0.1) is 11.7 Å². The van der Waals surface area contributed by atoms with Crippen LogP contribution < -0.4 is 10.6 Å². The summed E-state index contributed by atoms with van der Waals surface area (Å²) >= 11 is 1.90. The molecule has 1 aromatic rings. The van der Waals surface area contributed by atoms with Crippen LogP contribution in [0.5, 0.6) is 0 Å². The molecule has 3 heterocycles. The first-order valence-corrected chi connectivity index (χ1v) is 7.07. The van der Waals surface area contributed by atoms with Crippen LogP contribution in [0.4, 0.5) is 0 Å². The Balaban J connectivity index is 1.83. The summed E-state index contributed by atoms with van der Waals surface area (Å²) in [6.07, 6.45) is 3.81. The summed E-state index contributed by atoms with van der Waals surface area (Å²) in [6, 6.07) is 0.534. The molecule has 2 N–H and O–H groups in total. The average molecular weight is 237 g/mol. The lowest BCUT2D eigenvalue weighted by atomic mass is 10.0. The highest BCUT2D eigenvalue weighted by Gasteiger charge is 2.25. The van der Waals surface area contributed by atoms with Crippen LogP contribution in [0.2, 0.25) is 0 Å². The van der Waals surface area contributed by atoms with Crippen molar-refractivity contribution in [2.24, 2.45) is 0 Å². The third-order valence-corrected chi connectivity index (χ3v) is 4.75. The quantitative estimate of drug-likeness (QED) is 0.825. The molecule has 2 fully saturated rings. The summed E-state index contributed by atoms with van der Waals surface area (Å²) in [5.74, 6) is 0.659. The average Bonchev–Trinajstić information content (AvgIpc) is 2.97. The highest BCUT2D eigenvalue weighted by atomic mass is 32.1. The summed E-state index contributed by atoms with van der Waals surface area (Å²) in [7, 11) is 0. The Hall–Kier alpha value is -0.450. The van der Waals surface area contributed by atoms with Crippen LogP contribution >= 0.6 is 11.3 Å². The minimum atomic E-state index is 0.534. The zero-order chi connectivity index (χ0) is 11.0. The molecule has 2 aliphatic rings. The molecule has 2 saturated heterocycles. The molecule has 3 nitrogen and oxygen atoms in total. The summed E-state index contributed by atoms with van der Waals surface area (Å²) in [5, 5.41) is 8.28. The molecule has 0 radical (unpaired) electrons. The van der Waals surface area contributed by atoms with Crippen molar-refractivity contribution >= 4 is 11.3 Å². The topological polar surface area (TPSA) is 37.0 Å². The fourth-order valence-electron chi connectivity index (χ4n) is 2.74. The molecular formula is C12H19N3S. The number of hydrogen-bond donors (Lipinski definition) is 2. The van der Waals surface area contributed by atoms with Gasteiger partial charge in [0.25, 0.3) is 0 Å². The number of aryl methyl sites for hydroxylation is 1. The minimum absolute atomic E-state index is 0.534. The van der Waals surface area contributed by atoms with Crippen LogP contribution in [-0.2, 0) is 0 Å². The van der Waals surface area contributed by atoms with E-state index in [-0.39, 0.29) is 0 Å². The predicted octanol–water partition coefficient (Wildman–Crippen LogP) is 1.95. The van der Waals surface area contributed by atoms with Crippen LogP contribution in [-0.4, -0.2) is 24.6 Å². The van der Waals surface area contributed by atoms with E-state index in [9.17, 15) is 0 Å². The monoisotopic (exact) mass is 237 g/mol. The van der Waals surface area contributed by atoms with Crippen molar-refractivity contribution < 1.29 is 0 Å². The van der Waals surface area contributed by atoms with Crippen LogP contribution in [0.1, 0.15) is 46.8 Å². The van der Waals surface area contributed by atoms with Gasteiger partial charge < -0.3 is 10.6 Å². The number of nitrogens with zero attached hydrogens (tertiary/aromatic N) is 1. The van der Waals surface area contributed by atoms with Gasteiger partial charge in [-0.1, -0.05) is 0 Å². The SMILES string of the molecule is Cc1sc(C2CCCN2)nc1C1CCNC1. The van der Waals surface area contributed by atoms with Gasteiger partial charge in [-0.05, 0) is 39.3 Å². The normalized spacial score (nSPS) is 30.1. The second kappa shape index (κ2) is 4.43. The molecule has 0 saturated carbocycles. The van der Waals surface area contributed by atoms with Gasteiger partial charge >= 0.3 is 0 Å².